The van der Waals surface area contributed by atoms with E-state index in [-0.39, 0.29) is 24.5 Å². The van der Waals surface area contributed by atoms with Gasteiger partial charge in [-0.15, -0.1) is 0 Å². The predicted octanol–water partition coefficient (Wildman–Crippen LogP) is 3.66. The van der Waals surface area contributed by atoms with Crippen LogP contribution in [0.15, 0.2) is 5.11 Å². The molecule has 0 aromatic heterocycles. The molecule has 1 aliphatic heterocycles. The highest BCUT2D eigenvalue weighted by Gasteiger charge is 2.42. The predicted molar refractivity (Wildman–Crippen MR) is 70.1 cm³/mol. The Labute approximate surface area is 120 Å². The van der Waals surface area contributed by atoms with Crippen molar-refractivity contribution in [1.29, 1.82) is 5.41 Å². The van der Waals surface area contributed by atoms with Crippen LogP contribution < -0.4 is 0 Å². The molecule has 0 amide bonds. The second-order valence-electron chi connectivity index (χ2n) is 4.12. The highest BCUT2D eigenvalue weighted by Crippen LogP contribution is 2.36. The fraction of sp³-hybridized carbons (Fsp3) is 0.889. The lowest BCUT2D eigenvalue weighted by Gasteiger charge is -2.21. The molecule has 0 aliphatic carbocycles. The zero-order valence-corrected chi connectivity index (χ0v) is 12.1. The summed E-state index contributed by atoms with van der Waals surface area (Å²) >= 11 is 16.6. The van der Waals surface area contributed by atoms with Crippen molar-refractivity contribution in [3.63, 3.8) is 0 Å². The van der Waals surface area contributed by atoms with E-state index in [1.807, 2.05) is 13.8 Å². The minimum Gasteiger partial charge on any atom is -0.448 e. The molecule has 1 fully saturated rings. The molecule has 0 spiro atoms. The van der Waals surface area contributed by atoms with Crippen LogP contribution >= 0.6 is 34.8 Å². The molecule has 0 bridgehead atoms. The highest BCUT2D eigenvalue weighted by molar-refractivity contribution is 6.76. The summed E-state index contributed by atoms with van der Waals surface area (Å²) in [4.78, 5) is 2.68. The van der Waals surface area contributed by atoms with Crippen LogP contribution in [0.2, 0.25) is 0 Å². The molecular formula is C9H13Cl3N4O2. The number of azide groups is 1. The van der Waals surface area contributed by atoms with Crippen LogP contribution in [0.4, 0.5) is 0 Å². The molecule has 4 atom stereocenters. The Kier molecular flexibility index (Phi) is 5.37. The van der Waals surface area contributed by atoms with E-state index in [1.54, 1.807) is 0 Å². The smallest absolute Gasteiger partial charge is 0.265 e. The summed E-state index contributed by atoms with van der Waals surface area (Å²) in [6.07, 6.45) is -0.939. The van der Waals surface area contributed by atoms with Gasteiger partial charge < -0.3 is 9.47 Å². The summed E-state index contributed by atoms with van der Waals surface area (Å²) in [6, 6.07) is 0. The van der Waals surface area contributed by atoms with Gasteiger partial charge in [0.15, 0.2) is 0 Å². The third kappa shape index (κ3) is 3.80. The van der Waals surface area contributed by atoms with Gasteiger partial charge in [-0.3, -0.25) is 5.41 Å². The van der Waals surface area contributed by atoms with Crippen LogP contribution in [0.1, 0.15) is 13.8 Å². The zero-order chi connectivity index (χ0) is 13.9. The van der Waals surface area contributed by atoms with Crippen LogP contribution in [-0.2, 0) is 9.47 Å². The highest BCUT2D eigenvalue weighted by atomic mass is 35.6. The SMILES string of the molecule is CC1[C@H](OC(=N)C(Cl)(Cl)Cl)O[C@H](CN=[N+]=[N-])[C@@H]1C. The van der Waals surface area contributed by atoms with Crippen LogP contribution in [0.25, 0.3) is 10.4 Å². The van der Waals surface area contributed by atoms with Crippen LogP contribution in [-0.4, -0.2) is 28.6 Å². The van der Waals surface area contributed by atoms with Crippen molar-refractivity contribution >= 4 is 40.7 Å². The molecule has 1 rings (SSSR count). The molecular weight excluding hydrogens is 302 g/mol. The molecule has 0 aromatic rings. The molecule has 1 unspecified atom stereocenters. The largest absolute Gasteiger partial charge is 0.448 e. The van der Waals surface area contributed by atoms with Crippen LogP contribution in [0.5, 0.6) is 0 Å². The summed E-state index contributed by atoms with van der Waals surface area (Å²) in [5, 5.41) is 11.0. The summed E-state index contributed by atoms with van der Waals surface area (Å²) in [5.74, 6) is -0.374. The molecule has 0 saturated carbocycles. The third-order valence-electron chi connectivity index (χ3n) is 2.97. The van der Waals surface area contributed by atoms with Gasteiger partial charge in [-0.1, -0.05) is 53.8 Å². The summed E-state index contributed by atoms with van der Waals surface area (Å²) in [7, 11) is 0. The normalized spacial score (nSPS) is 31.8. The van der Waals surface area contributed by atoms with Gasteiger partial charge in [0, 0.05) is 10.8 Å². The second-order valence-corrected chi connectivity index (χ2v) is 6.40. The minimum atomic E-state index is -1.91. The fourth-order valence-electron chi connectivity index (χ4n) is 1.65. The van der Waals surface area contributed by atoms with E-state index in [2.05, 4.69) is 10.0 Å². The quantitative estimate of drug-likeness (QED) is 0.215. The number of nitrogens with one attached hydrogen (secondary N) is 1. The molecule has 102 valence electrons. The van der Waals surface area contributed by atoms with Crippen LogP contribution in [0, 0.1) is 17.2 Å². The molecule has 6 nitrogen and oxygen atoms in total. The Bertz CT molecular complexity index is 367. The average Bonchev–Trinajstić information content (AvgIpc) is 2.53. The van der Waals surface area contributed by atoms with Crippen molar-refractivity contribution in [2.75, 3.05) is 6.54 Å². The fourth-order valence-corrected chi connectivity index (χ4v) is 1.78. The van der Waals surface area contributed by atoms with Gasteiger partial charge in [0.25, 0.3) is 3.79 Å². The van der Waals surface area contributed by atoms with Gasteiger partial charge in [-0.2, -0.15) is 0 Å². The second kappa shape index (κ2) is 6.17. The van der Waals surface area contributed by atoms with Crippen molar-refractivity contribution in [2.45, 2.75) is 30.0 Å². The topological polar surface area (TPSA) is 91.1 Å². The van der Waals surface area contributed by atoms with Crippen molar-refractivity contribution in [2.24, 2.45) is 17.0 Å². The van der Waals surface area contributed by atoms with E-state index in [4.69, 9.17) is 55.2 Å². The van der Waals surface area contributed by atoms with E-state index >= 15 is 0 Å². The lowest BCUT2D eigenvalue weighted by atomic mass is 9.93. The van der Waals surface area contributed by atoms with Gasteiger partial charge in [0.1, 0.15) is 0 Å². The Morgan fingerprint density at radius 2 is 2.06 bits per heavy atom. The molecule has 1 heterocycles. The Hall–Kier alpha value is -0.390. The molecule has 9 heteroatoms. The number of rotatable bonds is 3. The number of alkyl halides is 3. The molecule has 1 saturated heterocycles. The monoisotopic (exact) mass is 314 g/mol. The van der Waals surface area contributed by atoms with Gasteiger partial charge >= 0.3 is 0 Å². The van der Waals surface area contributed by atoms with Gasteiger partial charge in [-0.05, 0) is 11.4 Å². The minimum absolute atomic E-state index is 0.00315. The molecule has 1 aliphatic rings. The summed E-state index contributed by atoms with van der Waals surface area (Å²) in [6.45, 7) is 4.06. The molecule has 18 heavy (non-hydrogen) atoms. The first-order valence-corrected chi connectivity index (χ1v) is 6.39. The Balaban J connectivity index is 2.64. The van der Waals surface area contributed by atoms with Crippen LogP contribution in [0.3, 0.4) is 0 Å². The first-order chi connectivity index (χ1) is 8.27. The standard InChI is InChI=1S/C9H13Cl3N4O2/c1-4-5(2)7(17-6(4)3-15-16-14)18-8(13)9(10,11)12/h4-7,13H,3H2,1-2H3/t4-,5?,6-,7+/m1/s1. The first kappa shape index (κ1) is 15.7. The van der Waals surface area contributed by atoms with E-state index in [0.29, 0.717) is 0 Å². The number of ether oxygens (including phenoxy) is 2. The molecule has 0 radical (unpaired) electrons. The zero-order valence-electron chi connectivity index (χ0n) is 9.81. The van der Waals surface area contributed by atoms with Gasteiger partial charge in [-0.25, -0.2) is 0 Å². The maximum atomic E-state index is 8.28. The van der Waals surface area contributed by atoms with Crippen molar-refractivity contribution < 1.29 is 9.47 Å². The van der Waals surface area contributed by atoms with Gasteiger partial charge in [0.2, 0.25) is 12.2 Å². The summed E-state index contributed by atoms with van der Waals surface area (Å²) in [5.41, 5.74) is 8.28. The van der Waals surface area contributed by atoms with Crippen molar-refractivity contribution in [3.05, 3.63) is 10.4 Å². The molecule has 0 aromatic carbocycles. The summed E-state index contributed by atoms with van der Waals surface area (Å²) < 4.78 is 8.84. The Morgan fingerprint density at radius 1 is 1.44 bits per heavy atom. The van der Waals surface area contributed by atoms with E-state index in [1.165, 1.54) is 0 Å². The van der Waals surface area contributed by atoms with E-state index in [9.17, 15) is 0 Å². The van der Waals surface area contributed by atoms with Gasteiger partial charge in [0.05, 0.1) is 12.6 Å². The maximum Gasteiger partial charge on any atom is 0.265 e. The third-order valence-corrected chi connectivity index (χ3v) is 3.49. The number of hydrogen-bond donors (Lipinski definition) is 1. The lowest BCUT2D eigenvalue weighted by Crippen LogP contribution is -2.30. The van der Waals surface area contributed by atoms with E-state index < -0.39 is 16.0 Å². The van der Waals surface area contributed by atoms with Crippen molar-refractivity contribution in [3.8, 4) is 0 Å². The number of nitrogens with zero attached hydrogens (tertiary/aromatic N) is 3. The van der Waals surface area contributed by atoms with E-state index in [0.717, 1.165) is 0 Å². The first-order valence-electron chi connectivity index (χ1n) is 5.26. The Morgan fingerprint density at radius 3 is 2.56 bits per heavy atom. The number of halogens is 3. The number of hydrogen-bond acceptors (Lipinski definition) is 4. The maximum absolute atomic E-state index is 8.28. The molecule has 1 N–H and O–H groups in total. The lowest BCUT2D eigenvalue weighted by molar-refractivity contribution is -0.0942. The van der Waals surface area contributed by atoms with Crippen molar-refractivity contribution in [1.82, 2.24) is 0 Å². The average molecular weight is 316 g/mol.